The van der Waals surface area contributed by atoms with Gasteiger partial charge in [0.1, 0.15) is 6.54 Å². The standard InChI is InChI=1S/C27H30ClN3O5S2/c1-21-9-13-26(14-10-21)38(35,36)31(24-8-6-7-22(28)19-24)20-27(32)29-23-11-15-25(16-12-23)37(33,34)30-17-4-2-3-5-18-30/h6-16,19H,2-5,17-18,20H2,1H3,(H,29,32). The van der Waals surface area contributed by atoms with Gasteiger partial charge in [0.25, 0.3) is 10.0 Å². The molecule has 0 radical (unpaired) electrons. The highest BCUT2D eigenvalue weighted by Crippen LogP contribution is 2.27. The molecule has 1 heterocycles. The average Bonchev–Trinajstić information content (AvgIpc) is 3.18. The van der Waals surface area contributed by atoms with E-state index in [9.17, 15) is 21.6 Å². The van der Waals surface area contributed by atoms with E-state index < -0.39 is 32.5 Å². The Bertz CT molecular complexity index is 1480. The smallest absolute Gasteiger partial charge is 0.264 e. The van der Waals surface area contributed by atoms with Crippen molar-refractivity contribution in [2.45, 2.75) is 42.4 Å². The minimum Gasteiger partial charge on any atom is -0.325 e. The van der Waals surface area contributed by atoms with Gasteiger partial charge < -0.3 is 5.32 Å². The normalized spacial score (nSPS) is 15.0. The van der Waals surface area contributed by atoms with E-state index in [4.69, 9.17) is 11.6 Å². The molecule has 0 atom stereocenters. The van der Waals surface area contributed by atoms with Crippen LogP contribution in [0.3, 0.4) is 0 Å². The van der Waals surface area contributed by atoms with Gasteiger partial charge in [-0.05, 0) is 74.4 Å². The number of carbonyl (C=O) groups is 1. The molecule has 4 rings (SSSR count). The van der Waals surface area contributed by atoms with Crippen molar-refractivity contribution in [3.63, 3.8) is 0 Å². The highest BCUT2D eigenvalue weighted by Gasteiger charge is 2.28. The molecule has 8 nitrogen and oxygen atoms in total. The van der Waals surface area contributed by atoms with E-state index in [1.54, 1.807) is 30.3 Å². The number of hydrogen-bond acceptors (Lipinski definition) is 5. The number of halogens is 1. The van der Waals surface area contributed by atoms with Gasteiger partial charge in [-0.25, -0.2) is 16.8 Å². The van der Waals surface area contributed by atoms with Gasteiger partial charge in [-0.2, -0.15) is 4.31 Å². The Morgan fingerprint density at radius 3 is 2.08 bits per heavy atom. The summed E-state index contributed by atoms with van der Waals surface area (Å²) < 4.78 is 55.6. The Balaban J connectivity index is 1.53. The molecular weight excluding hydrogens is 546 g/mol. The van der Waals surface area contributed by atoms with E-state index in [0.717, 1.165) is 35.6 Å². The van der Waals surface area contributed by atoms with Crippen molar-refractivity contribution in [3.8, 4) is 0 Å². The second-order valence-electron chi connectivity index (χ2n) is 9.20. The van der Waals surface area contributed by atoms with E-state index in [1.807, 2.05) is 6.92 Å². The fourth-order valence-corrected chi connectivity index (χ4v) is 7.37. The topological polar surface area (TPSA) is 104 Å². The van der Waals surface area contributed by atoms with Crippen molar-refractivity contribution >= 4 is 48.9 Å². The lowest BCUT2D eigenvalue weighted by atomic mass is 10.2. The number of aryl methyl sites for hydroxylation is 1. The fraction of sp³-hybridized carbons (Fsp3) is 0.296. The lowest BCUT2D eigenvalue weighted by Gasteiger charge is -2.24. The molecule has 0 bridgehead atoms. The molecule has 202 valence electrons. The molecule has 1 saturated heterocycles. The summed E-state index contributed by atoms with van der Waals surface area (Å²) in [6.07, 6.45) is 3.70. The first kappa shape index (κ1) is 28.1. The lowest BCUT2D eigenvalue weighted by Crippen LogP contribution is -2.38. The lowest BCUT2D eigenvalue weighted by molar-refractivity contribution is -0.114. The molecule has 0 saturated carbocycles. The van der Waals surface area contributed by atoms with Crippen molar-refractivity contribution in [2.24, 2.45) is 0 Å². The van der Waals surface area contributed by atoms with Crippen LogP contribution in [0, 0.1) is 6.92 Å². The molecule has 1 aliphatic rings. The van der Waals surface area contributed by atoms with E-state index >= 15 is 0 Å². The van der Waals surface area contributed by atoms with Gasteiger partial charge >= 0.3 is 0 Å². The first-order valence-electron chi connectivity index (χ1n) is 12.3. The zero-order valence-corrected chi connectivity index (χ0v) is 23.4. The molecule has 1 fully saturated rings. The average molecular weight is 576 g/mol. The maximum Gasteiger partial charge on any atom is 0.264 e. The van der Waals surface area contributed by atoms with Gasteiger partial charge in [-0.1, -0.05) is 48.2 Å². The van der Waals surface area contributed by atoms with Crippen LogP contribution in [-0.2, 0) is 24.8 Å². The quantitative estimate of drug-likeness (QED) is 0.405. The molecule has 3 aromatic carbocycles. The molecule has 0 aromatic heterocycles. The Kier molecular flexibility index (Phi) is 8.77. The SMILES string of the molecule is Cc1ccc(S(=O)(=O)N(CC(=O)Nc2ccc(S(=O)(=O)N3CCCCCC3)cc2)c2cccc(Cl)c2)cc1. The van der Waals surface area contributed by atoms with Gasteiger partial charge in [0, 0.05) is 23.8 Å². The van der Waals surface area contributed by atoms with Crippen LogP contribution in [0.15, 0.2) is 82.6 Å². The van der Waals surface area contributed by atoms with Crippen LogP contribution in [0.5, 0.6) is 0 Å². The summed E-state index contributed by atoms with van der Waals surface area (Å²) in [7, 11) is -7.71. The number of rotatable bonds is 8. The summed E-state index contributed by atoms with van der Waals surface area (Å²) >= 11 is 6.11. The number of benzene rings is 3. The number of sulfonamides is 2. The summed E-state index contributed by atoms with van der Waals surface area (Å²) in [5.41, 5.74) is 1.49. The third-order valence-electron chi connectivity index (χ3n) is 6.33. The summed E-state index contributed by atoms with van der Waals surface area (Å²) in [6, 6.07) is 18.5. The van der Waals surface area contributed by atoms with Crippen LogP contribution in [0.2, 0.25) is 5.02 Å². The first-order chi connectivity index (χ1) is 18.1. The predicted octanol–water partition coefficient (Wildman–Crippen LogP) is 5.05. The Labute approximate surface area is 229 Å². The zero-order chi connectivity index (χ0) is 27.3. The Morgan fingerprint density at radius 1 is 0.868 bits per heavy atom. The molecule has 0 aliphatic carbocycles. The van der Waals surface area contributed by atoms with E-state index in [1.165, 1.54) is 46.8 Å². The molecule has 0 unspecified atom stereocenters. The van der Waals surface area contributed by atoms with Crippen molar-refractivity contribution in [1.29, 1.82) is 0 Å². The first-order valence-corrected chi connectivity index (χ1v) is 15.6. The summed E-state index contributed by atoms with van der Waals surface area (Å²) in [5.74, 6) is -0.594. The van der Waals surface area contributed by atoms with E-state index in [0.29, 0.717) is 23.8 Å². The minimum atomic E-state index is -4.09. The molecule has 3 aromatic rings. The second kappa shape index (κ2) is 11.9. The highest BCUT2D eigenvalue weighted by molar-refractivity contribution is 7.92. The number of carbonyl (C=O) groups excluding carboxylic acids is 1. The molecule has 1 N–H and O–H groups in total. The zero-order valence-electron chi connectivity index (χ0n) is 21.0. The van der Waals surface area contributed by atoms with Crippen LogP contribution >= 0.6 is 11.6 Å². The van der Waals surface area contributed by atoms with Crippen LogP contribution in [0.4, 0.5) is 11.4 Å². The summed E-state index contributed by atoms with van der Waals surface area (Å²) in [5, 5.41) is 3.00. The molecule has 0 spiro atoms. The van der Waals surface area contributed by atoms with Gasteiger partial charge in [-0.3, -0.25) is 9.10 Å². The van der Waals surface area contributed by atoms with Gasteiger partial charge in [0.2, 0.25) is 15.9 Å². The molecule has 38 heavy (non-hydrogen) atoms. The Hall–Kier alpha value is -2.92. The van der Waals surface area contributed by atoms with Crippen molar-refractivity contribution in [1.82, 2.24) is 4.31 Å². The van der Waals surface area contributed by atoms with Crippen LogP contribution < -0.4 is 9.62 Å². The number of hydrogen-bond donors (Lipinski definition) is 1. The van der Waals surface area contributed by atoms with Crippen LogP contribution in [-0.4, -0.2) is 46.7 Å². The third kappa shape index (κ3) is 6.55. The van der Waals surface area contributed by atoms with Gasteiger partial charge in [0.15, 0.2) is 0 Å². The largest absolute Gasteiger partial charge is 0.325 e. The van der Waals surface area contributed by atoms with E-state index in [2.05, 4.69) is 5.32 Å². The number of nitrogens with one attached hydrogen (secondary N) is 1. The Morgan fingerprint density at radius 2 is 1.47 bits per heavy atom. The fourth-order valence-electron chi connectivity index (χ4n) is 4.26. The van der Waals surface area contributed by atoms with Gasteiger partial charge in [-0.15, -0.1) is 0 Å². The van der Waals surface area contributed by atoms with E-state index in [-0.39, 0.29) is 15.5 Å². The van der Waals surface area contributed by atoms with Gasteiger partial charge in [0.05, 0.1) is 15.5 Å². The molecule has 11 heteroatoms. The predicted molar refractivity (Wildman–Crippen MR) is 149 cm³/mol. The van der Waals surface area contributed by atoms with Crippen LogP contribution in [0.25, 0.3) is 0 Å². The summed E-state index contributed by atoms with van der Waals surface area (Å²) in [4.78, 5) is 13.2. The van der Waals surface area contributed by atoms with Crippen molar-refractivity contribution in [2.75, 3.05) is 29.3 Å². The monoisotopic (exact) mass is 575 g/mol. The van der Waals surface area contributed by atoms with Crippen LogP contribution in [0.1, 0.15) is 31.2 Å². The molecule has 1 aliphatic heterocycles. The molecular formula is C27H30ClN3O5S2. The second-order valence-corrected chi connectivity index (χ2v) is 13.4. The number of amides is 1. The maximum absolute atomic E-state index is 13.5. The van der Waals surface area contributed by atoms with Crippen molar-refractivity contribution in [3.05, 3.63) is 83.4 Å². The maximum atomic E-state index is 13.5. The summed E-state index contributed by atoms with van der Waals surface area (Å²) in [6.45, 7) is 2.33. The van der Waals surface area contributed by atoms with Crippen molar-refractivity contribution < 1.29 is 21.6 Å². The molecule has 1 amide bonds. The number of nitrogens with zero attached hydrogens (tertiary/aromatic N) is 2. The minimum absolute atomic E-state index is 0.0407. The highest BCUT2D eigenvalue weighted by atomic mass is 35.5. The number of anilines is 2. The third-order valence-corrected chi connectivity index (χ3v) is 10.3.